The number of hydrogen-bond acceptors (Lipinski definition) is 6. The third-order valence-electron chi connectivity index (χ3n) is 7.23. The number of aliphatic hydroxyl groups is 1. The molecule has 0 amide bonds. The van der Waals surface area contributed by atoms with E-state index in [-0.39, 0.29) is 23.9 Å². The van der Waals surface area contributed by atoms with Gasteiger partial charge in [0.2, 0.25) is 0 Å². The second-order valence-electron chi connectivity index (χ2n) is 9.46. The quantitative estimate of drug-likeness (QED) is 0.605. The molecule has 4 atom stereocenters. The fourth-order valence-electron chi connectivity index (χ4n) is 6.46. The second-order valence-corrected chi connectivity index (χ2v) is 9.46. The first-order valence-electron chi connectivity index (χ1n) is 10.5. The Hall–Kier alpha value is -2.34. The Morgan fingerprint density at radius 2 is 1.90 bits per heavy atom. The summed E-state index contributed by atoms with van der Waals surface area (Å²) in [4.78, 5) is 25.1. The molecule has 1 aromatic carbocycles. The lowest BCUT2D eigenvalue weighted by Gasteiger charge is -2.58. The van der Waals surface area contributed by atoms with Crippen LogP contribution in [0.25, 0.3) is 11.0 Å². The number of phenolic OH excluding ortho intramolecular Hbond substituents is 1. The number of aryl methyl sites for hydroxylation is 1. The minimum Gasteiger partial charge on any atom is -0.508 e. The number of fused-ring (bicyclic) bond motifs is 1. The molecular weight excluding hydrogens is 372 g/mol. The van der Waals surface area contributed by atoms with Crippen LogP contribution in [0.1, 0.15) is 56.6 Å². The average molecular weight is 398 g/mol. The summed E-state index contributed by atoms with van der Waals surface area (Å²) in [6.07, 6.45) is 5.39. The van der Waals surface area contributed by atoms with E-state index >= 15 is 0 Å². The molecule has 4 aliphatic rings. The number of aromatic hydroxyl groups is 1. The van der Waals surface area contributed by atoms with E-state index in [1.165, 1.54) is 12.1 Å². The van der Waals surface area contributed by atoms with Gasteiger partial charge in [0.15, 0.2) is 0 Å². The summed E-state index contributed by atoms with van der Waals surface area (Å²) < 4.78 is 10.9. The predicted octanol–water partition coefficient (Wildman–Crippen LogP) is 3.44. The van der Waals surface area contributed by atoms with Crippen molar-refractivity contribution in [3.8, 4) is 5.75 Å². The van der Waals surface area contributed by atoms with Gasteiger partial charge >= 0.3 is 11.6 Å². The highest BCUT2D eigenvalue weighted by molar-refractivity contribution is 5.83. The van der Waals surface area contributed by atoms with E-state index in [2.05, 4.69) is 0 Å². The minimum absolute atomic E-state index is 0.0234. The van der Waals surface area contributed by atoms with Crippen LogP contribution in [-0.2, 0) is 22.6 Å². The van der Waals surface area contributed by atoms with E-state index in [0.717, 1.165) is 37.7 Å². The van der Waals surface area contributed by atoms with Crippen molar-refractivity contribution in [3.05, 3.63) is 39.7 Å². The molecule has 2 N–H and O–H groups in total. The van der Waals surface area contributed by atoms with Gasteiger partial charge in [0.25, 0.3) is 0 Å². The molecule has 29 heavy (non-hydrogen) atoms. The number of carbonyl (C=O) groups is 1. The van der Waals surface area contributed by atoms with Gasteiger partial charge in [-0.3, -0.25) is 4.79 Å². The summed E-state index contributed by atoms with van der Waals surface area (Å²) in [5.74, 6) is 0.613. The molecule has 0 aliphatic heterocycles. The van der Waals surface area contributed by atoms with Gasteiger partial charge in [-0.05, 0) is 68.4 Å². The largest absolute Gasteiger partial charge is 0.508 e. The zero-order chi connectivity index (χ0) is 20.4. The molecule has 6 rings (SSSR count). The van der Waals surface area contributed by atoms with E-state index in [4.69, 9.17) is 9.15 Å². The molecule has 1 aromatic heterocycles. The lowest BCUT2D eigenvalue weighted by atomic mass is 9.48. The number of rotatable bonds is 4. The maximum absolute atomic E-state index is 13.1. The van der Waals surface area contributed by atoms with Crippen molar-refractivity contribution in [2.45, 2.75) is 64.1 Å². The lowest BCUT2D eigenvalue weighted by Crippen LogP contribution is -2.58. The normalized spacial score (nSPS) is 32.6. The van der Waals surface area contributed by atoms with E-state index in [0.29, 0.717) is 35.6 Å². The van der Waals surface area contributed by atoms with Crippen LogP contribution in [0.15, 0.2) is 27.4 Å². The smallest absolute Gasteiger partial charge is 0.336 e. The van der Waals surface area contributed by atoms with Crippen molar-refractivity contribution in [3.63, 3.8) is 0 Å². The fraction of sp³-hybridized carbons (Fsp3) is 0.565. The summed E-state index contributed by atoms with van der Waals surface area (Å²) in [7, 11) is 0. The van der Waals surface area contributed by atoms with Crippen LogP contribution in [0.4, 0.5) is 0 Å². The zero-order valence-corrected chi connectivity index (χ0v) is 16.6. The van der Waals surface area contributed by atoms with Crippen molar-refractivity contribution in [2.24, 2.45) is 17.3 Å². The number of ether oxygens (including phenoxy) is 1. The molecule has 6 nitrogen and oxygen atoms in total. The summed E-state index contributed by atoms with van der Waals surface area (Å²) in [6, 6.07) is 4.57. The Morgan fingerprint density at radius 1 is 1.17 bits per heavy atom. The standard InChI is InChI=1S/C23H26O6/c1-2-15-4-17-16(5-20(25)29-19(17)6-18(15)24)11-28-21(26)22-7-13-3-14(8-22)10-23(27,9-13)12-22/h4-6,13-14,24,27H,2-3,7-12H2,1H3/t13-,14+,22?,23?. The Bertz CT molecular complexity index is 1040. The molecule has 0 radical (unpaired) electrons. The van der Waals surface area contributed by atoms with Crippen molar-refractivity contribution in [1.82, 2.24) is 0 Å². The van der Waals surface area contributed by atoms with Crippen molar-refractivity contribution in [2.75, 3.05) is 0 Å². The van der Waals surface area contributed by atoms with E-state index < -0.39 is 16.6 Å². The van der Waals surface area contributed by atoms with Gasteiger partial charge in [0.05, 0.1) is 11.0 Å². The Kier molecular flexibility index (Phi) is 4.07. The molecule has 0 saturated heterocycles. The molecule has 1 heterocycles. The maximum Gasteiger partial charge on any atom is 0.336 e. The summed E-state index contributed by atoms with van der Waals surface area (Å²) >= 11 is 0. The molecule has 6 heteroatoms. The third-order valence-corrected chi connectivity index (χ3v) is 7.23. The topological polar surface area (TPSA) is 97.0 Å². The van der Waals surface area contributed by atoms with Gasteiger partial charge in [-0.25, -0.2) is 4.79 Å². The van der Waals surface area contributed by atoms with Crippen molar-refractivity contribution < 1.29 is 24.2 Å². The molecule has 0 spiro atoms. The van der Waals surface area contributed by atoms with Gasteiger partial charge in [-0.1, -0.05) is 6.92 Å². The lowest BCUT2D eigenvalue weighted by molar-refractivity contribution is -0.197. The number of phenols is 1. The summed E-state index contributed by atoms with van der Waals surface area (Å²) in [6.45, 7) is 1.90. The first-order valence-corrected chi connectivity index (χ1v) is 10.5. The predicted molar refractivity (Wildman–Crippen MR) is 105 cm³/mol. The molecule has 154 valence electrons. The molecule has 4 saturated carbocycles. The van der Waals surface area contributed by atoms with E-state index in [1.807, 2.05) is 6.92 Å². The van der Waals surface area contributed by atoms with Crippen LogP contribution in [0.3, 0.4) is 0 Å². The van der Waals surface area contributed by atoms with Crippen LogP contribution in [0, 0.1) is 17.3 Å². The second kappa shape index (κ2) is 6.33. The van der Waals surface area contributed by atoms with Crippen LogP contribution in [-0.4, -0.2) is 21.8 Å². The Morgan fingerprint density at radius 3 is 2.55 bits per heavy atom. The molecule has 4 aliphatic carbocycles. The van der Waals surface area contributed by atoms with Crippen LogP contribution in [0.2, 0.25) is 0 Å². The summed E-state index contributed by atoms with van der Waals surface area (Å²) in [5.41, 5.74) is -0.276. The van der Waals surface area contributed by atoms with E-state index in [9.17, 15) is 19.8 Å². The Labute approximate surface area is 168 Å². The molecule has 2 aromatic rings. The van der Waals surface area contributed by atoms with Crippen LogP contribution >= 0.6 is 0 Å². The van der Waals surface area contributed by atoms with Gasteiger partial charge in [0, 0.05) is 23.1 Å². The summed E-state index contributed by atoms with van der Waals surface area (Å²) in [5, 5.41) is 21.6. The fourth-order valence-corrected chi connectivity index (χ4v) is 6.46. The Balaban J connectivity index is 1.42. The average Bonchev–Trinajstić information content (AvgIpc) is 2.63. The number of esters is 1. The number of carbonyl (C=O) groups excluding carboxylic acids is 1. The van der Waals surface area contributed by atoms with Gasteiger partial charge in [0.1, 0.15) is 17.9 Å². The van der Waals surface area contributed by atoms with Crippen molar-refractivity contribution in [1.29, 1.82) is 0 Å². The first-order chi connectivity index (χ1) is 13.8. The SMILES string of the molecule is CCc1cc2c(COC(=O)C34C[C@@H]5C[C@@H](CC(O)(C5)C3)C4)cc(=O)oc2cc1O. The maximum atomic E-state index is 13.1. The number of hydrogen-bond donors (Lipinski definition) is 2. The van der Waals surface area contributed by atoms with Gasteiger partial charge in [-0.15, -0.1) is 0 Å². The third kappa shape index (κ3) is 3.05. The molecule has 4 bridgehead atoms. The minimum atomic E-state index is -0.725. The first kappa shape index (κ1) is 18.7. The number of benzene rings is 1. The van der Waals surface area contributed by atoms with Crippen LogP contribution < -0.4 is 5.63 Å². The highest BCUT2D eigenvalue weighted by Gasteiger charge is 2.60. The van der Waals surface area contributed by atoms with Gasteiger partial charge < -0.3 is 19.4 Å². The highest BCUT2D eigenvalue weighted by atomic mass is 16.5. The molecule has 2 unspecified atom stereocenters. The van der Waals surface area contributed by atoms with Crippen molar-refractivity contribution >= 4 is 16.9 Å². The monoisotopic (exact) mass is 398 g/mol. The molecule has 4 fully saturated rings. The zero-order valence-electron chi connectivity index (χ0n) is 16.6. The van der Waals surface area contributed by atoms with E-state index in [1.54, 1.807) is 6.07 Å². The highest BCUT2D eigenvalue weighted by Crippen LogP contribution is 2.62. The van der Waals surface area contributed by atoms with Crippen LogP contribution in [0.5, 0.6) is 5.75 Å². The van der Waals surface area contributed by atoms with Gasteiger partial charge in [-0.2, -0.15) is 0 Å². The molecular formula is C23H26O6.